The molecule has 2 unspecified atom stereocenters. The van der Waals surface area contributed by atoms with E-state index in [0.29, 0.717) is 5.56 Å². The number of alkyl halides is 1. The Hall–Kier alpha value is -1.28. The molecule has 1 aromatic rings. The SMILES string of the molecule is N#Cc1ccc(O)c(C(O)C(O)CCCl)c1. The summed E-state index contributed by atoms with van der Waals surface area (Å²) >= 11 is 5.44. The van der Waals surface area contributed by atoms with Crippen LogP contribution in [0.4, 0.5) is 0 Å². The van der Waals surface area contributed by atoms with Crippen LogP contribution in [0.2, 0.25) is 0 Å². The van der Waals surface area contributed by atoms with E-state index in [1.54, 1.807) is 0 Å². The summed E-state index contributed by atoms with van der Waals surface area (Å²) in [6.07, 6.45) is -2.09. The number of halogens is 1. The molecule has 0 aromatic heterocycles. The minimum atomic E-state index is -1.24. The van der Waals surface area contributed by atoms with E-state index in [1.807, 2.05) is 6.07 Å². The third kappa shape index (κ3) is 2.86. The average molecular weight is 242 g/mol. The Labute approximate surface area is 98.3 Å². The second kappa shape index (κ2) is 5.71. The molecule has 0 aliphatic heterocycles. The van der Waals surface area contributed by atoms with Gasteiger partial charge in [-0.25, -0.2) is 0 Å². The molecule has 0 radical (unpaired) electrons. The van der Waals surface area contributed by atoms with Crippen LogP contribution < -0.4 is 0 Å². The van der Waals surface area contributed by atoms with E-state index in [2.05, 4.69) is 0 Å². The summed E-state index contributed by atoms with van der Waals surface area (Å²) in [4.78, 5) is 0. The standard InChI is InChI=1S/C11H12ClNO3/c12-4-3-10(15)11(16)8-5-7(6-13)1-2-9(8)14/h1-2,5,10-11,14-16H,3-4H2. The van der Waals surface area contributed by atoms with E-state index < -0.39 is 12.2 Å². The molecule has 1 rings (SSSR count). The minimum Gasteiger partial charge on any atom is -0.508 e. The Morgan fingerprint density at radius 2 is 2.06 bits per heavy atom. The fourth-order valence-electron chi connectivity index (χ4n) is 1.34. The van der Waals surface area contributed by atoms with Gasteiger partial charge in [-0.05, 0) is 24.6 Å². The normalized spacial score (nSPS) is 14.1. The molecule has 0 spiro atoms. The highest BCUT2D eigenvalue weighted by Crippen LogP contribution is 2.28. The van der Waals surface area contributed by atoms with E-state index in [-0.39, 0.29) is 23.6 Å². The van der Waals surface area contributed by atoms with Crippen LogP contribution in [0.25, 0.3) is 0 Å². The van der Waals surface area contributed by atoms with Gasteiger partial charge in [0.05, 0.1) is 17.7 Å². The Bertz CT molecular complexity index is 403. The van der Waals surface area contributed by atoms with Crippen molar-refractivity contribution in [1.29, 1.82) is 5.26 Å². The second-order valence-electron chi connectivity index (χ2n) is 3.38. The van der Waals surface area contributed by atoms with Gasteiger partial charge in [0, 0.05) is 11.4 Å². The molecule has 0 aliphatic carbocycles. The lowest BCUT2D eigenvalue weighted by atomic mass is 10.00. The van der Waals surface area contributed by atoms with Crippen LogP contribution in [0, 0.1) is 11.3 Å². The number of aliphatic hydroxyl groups is 2. The maximum atomic E-state index is 9.74. The fourth-order valence-corrected chi connectivity index (χ4v) is 1.56. The number of aliphatic hydroxyl groups excluding tert-OH is 2. The molecule has 0 saturated carbocycles. The van der Waals surface area contributed by atoms with Crippen molar-refractivity contribution in [1.82, 2.24) is 0 Å². The number of rotatable bonds is 4. The smallest absolute Gasteiger partial charge is 0.121 e. The maximum absolute atomic E-state index is 9.74. The lowest BCUT2D eigenvalue weighted by Crippen LogP contribution is -2.18. The summed E-state index contributed by atoms with van der Waals surface area (Å²) in [5.41, 5.74) is 0.446. The first-order valence-electron chi connectivity index (χ1n) is 4.75. The molecular formula is C11H12ClNO3. The number of phenolic OH excluding ortho intramolecular Hbond substituents is 1. The van der Waals surface area contributed by atoms with Crippen LogP contribution >= 0.6 is 11.6 Å². The summed E-state index contributed by atoms with van der Waals surface area (Å²) in [5, 5.41) is 37.5. The predicted molar refractivity (Wildman–Crippen MR) is 59.1 cm³/mol. The average Bonchev–Trinajstić information content (AvgIpc) is 2.29. The Morgan fingerprint density at radius 1 is 1.38 bits per heavy atom. The number of phenols is 1. The summed E-state index contributed by atoms with van der Waals surface area (Å²) in [7, 11) is 0. The quantitative estimate of drug-likeness (QED) is 0.694. The van der Waals surface area contributed by atoms with E-state index in [1.165, 1.54) is 18.2 Å². The third-order valence-electron chi connectivity index (χ3n) is 2.24. The monoisotopic (exact) mass is 241 g/mol. The van der Waals surface area contributed by atoms with E-state index in [9.17, 15) is 15.3 Å². The minimum absolute atomic E-state index is 0.136. The van der Waals surface area contributed by atoms with Gasteiger partial charge in [0.15, 0.2) is 0 Å². The summed E-state index contributed by atoms with van der Waals surface area (Å²) in [5.74, 6) is 0.0526. The van der Waals surface area contributed by atoms with Crippen LogP contribution in [0.3, 0.4) is 0 Å². The van der Waals surface area contributed by atoms with Gasteiger partial charge in [-0.2, -0.15) is 5.26 Å². The largest absolute Gasteiger partial charge is 0.508 e. The molecule has 5 heteroatoms. The Balaban J connectivity index is 2.98. The van der Waals surface area contributed by atoms with E-state index in [4.69, 9.17) is 16.9 Å². The molecule has 0 heterocycles. The van der Waals surface area contributed by atoms with Gasteiger partial charge >= 0.3 is 0 Å². The molecule has 0 fully saturated rings. The number of hydrogen-bond donors (Lipinski definition) is 3. The maximum Gasteiger partial charge on any atom is 0.121 e. The van der Waals surface area contributed by atoms with Crippen LogP contribution in [-0.2, 0) is 0 Å². The number of nitrogens with zero attached hydrogens (tertiary/aromatic N) is 1. The number of benzene rings is 1. The topological polar surface area (TPSA) is 84.5 Å². The fraction of sp³-hybridized carbons (Fsp3) is 0.364. The van der Waals surface area contributed by atoms with E-state index >= 15 is 0 Å². The molecule has 3 N–H and O–H groups in total. The third-order valence-corrected chi connectivity index (χ3v) is 2.46. The molecule has 86 valence electrons. The molecule has 0 aliphatic rings. The summed E-state index contributed by atoms with van der Waals surface area (Å²) in [6.45, 7) is 0. The van der Waals surface area contributed by atoms with E-state index in [0.717, 1.165) is 0 Å². The van der Waals surface area contributed by atoms with Crippen molar-refractivity contribution in [3.8, 4) is 11.8 Å². The predicted octanol–water partition coefficient (Wildman–Crippen LogP) is 1.29. The molecular weight excluding hydrogens is 230 g/mol. The lowest BCUT2D eigenvalue weighted by Gasteiger charge is -2.18. The zero-order valence-corrected chi connectivity index (χ0v) is 9.22. The van der Waals surface area contributed by atoms with Gasteiger partial charge < -0.3 is 15.3 Å². The molecule has 0 amide bonds. The van der Waals surface area contributed by atoms with Crippen molar-refractivity contribution in [2.45, 2.75) is 18.6 Å². The molecule has 4 nitrogen and oxygen atoms in total. The molecule has 1 aromatic carbocycles. The van der Waals surface area contributed by atoms with Crippen LogP contribution in [-0.4, -0.2) is 27.3 Å². The van der Waals surface area contributed by atoms with Gasteiger partial charge in [-0.15, -0.1) is 11.6 Å². The van der Waals surface area contributed by atoms with Gasteiger partial charge in [-0.1, -0.05) is 0 Å². The van der Waals surface area contributed by atoms with Crippen molar-refractivity contribution in [2.24, 2.45) is 0 Å². The van der Waals surface area contributed by atoms with Gasteiger partial charge in [0.2, 0.25) is 0 Å². The highest BCUT2D eigenvalue weighted by molar-refractivity contribution is 6.17. The molecule has 0 bridgehead atoms. The van der Waals surface area contributed by atoms with Crippen molar-refractivity contribution >= 4 is 11.6 Å². The van der Waals surface area contributed by atoms with Crippen molar-refractivity contribution in [2.75, 3.05) is 5.88 Å². The van der Waals surface area contributed by atoms with Crippen LogP contribution in [0.15, 0.2) is 18.2 Å². The van der Waals surface area contributed by atoms with Crippen molar-refractivity contribution in [3.63, 3.8) is 0 Å². The number of aromatic hydroxyl groups is 1. The highest BCUT2D eigenvalue weighted by atomic mass is 35.5. The molecule has 0 saturated heterocycles. The zero-order chi connectivity index (χ0) is 12.1. The number of nitriles is 1. The van der Waals surface area contributed by atoms with Gasteiger partial charge in [0.25, 0.3) is 0 Å². The Kier molecular flexibility index (Phi) is 4.56. The Morgan fingerprint density at radius 3 is 2.62 bits per heavy atom. The molecule has 16 heavy (non-hydrogen) atoms. The van der Waals surface area contributed by atoms with Gasteiger partial charge in [-0.3, -0.25) is 0 Å². The second-order valence-corrected chi connectivity index (χ2v) is 3.75. The van der Waals surface area contributed by atoms with Gasteiger partial charge in [0.1, 0.15) is 11.9 Å². The van der Waals surface area contributed by atoms with Crippen LogP contribution in [0.5, 0.6) is 5.75 Å². The molecule has 2 atom stereocenters. The summed E-state index contributed by atoms with van der Waals surface area (Å²) in [6, 6.07) is 5.98. The van der Waals surface area contributed by atoms with Crippen LogP contribution in [0.1, 0.15) is 23.7 Å². The number of hydrogen-bond acceptors (Lipinski definition) is 4. The first kappa shape index (κ1) is 12.8. The van der Waals surface area contributed by atoms with Crippen molar-refractivity contribution in [3.05, 3.63) is 29.3 Å². The first-order valence-corrected chi connectivity index (χ1v) is 5.28. The highest BCUT2D eigenvalue weighted by Gasteiger charge is 2.21. The first-order chi connectivity index (χ1) is 7.60. The zero-order valence-electron chi connectivity index (χ0n) is 8.47. The van der Waals surface area contributed by atoms with Crippen molar-refractivity contribution < 1.29 is 15.3 Å². The lowest BCUT2D eigenvalue weighted by molar-refractivity contribution is 0.0157. The summed E-state index contributed by atoms with van der Waals surface area (Å²) < 4.78 is 0.